The molecule has 1 heterocycles. The Morgan fingerprint density at radius 2 is 1.95 bits per heavy atom. The summed E-state index contributed by atoms with van der Waals surface area (Å²) in [6.07, 6.45) is 6.14. The Hall–Kier alpha value is -0.620. The van der Waals surface area contributed by atoms with Crippen molar-refractivity contribution in [3.05, 3.63) is 0 Å². The van der Waals surface area contributed by atoms with Crippen LogP contribution in [0.4, 0.5) is 0 Å². The standard InChI is InChI=1S/C13H24N2O3S/c14-11-5-3-4-10(8-11)9-15-13(16)12-6-1-2-7-19(12,17)18/h10-12H,1-9,14H2,(H,15,16). The minimum Gasteiger partial charge on any atom is -0.355 e. The number of nitrogens with one attached hydrogen (secondary N) is 1. The van der Waals surface area contributed by atoms with Crippen molar-refractivity contribution in [2.45, 2.75) is 56.2 Å². The van der Waals surface area contributed by atoms with Crippen LogP contribution in [0.5, 0.6) is 0 Å². The van der Waals surface area contributed by atoms with Gasteiger partial charge in [0.25, 0.3) is 0 Å². The van der Waals surface area contributed by atoms with Gasteiger partial charge in [0, 0.05) is 12.6 Å². The van der Waals surface area contributed by atoms with Gasteiger partial charge in [-0.1, -0.05) is 12.8 Å². The molecule has 0 radical (unpaired) electrons. The first-order valence-corrected chi connectivity index (χ1v) is 8.95. The molecule has 1 saturated heterocycles. The molecule has 1 saturated carbocycles. The van der Waals surface area contributed by atoms with Crippen molar-refractivity contribution < 1.29 is 13.2 Å². The van der Waals surface area contributed by atoms with E-state index in [0.717, 1.165) is 32.1 Å². The quantitative estimate of drug-likeness (QED) is 0.795. The Kier molecular flexibility index (Phi) is 4.84. The van der Waals surface area contributed by atoms with Gasteiger partial charge in [0.1, 0.15) is 5.25 Å². The minimum atomic E-state index is -3.22. The lowest BCUT2D eigenvalue weighted by molar-refractivity contribution is -0.121. The number of rotatable bonds is 3. The molecule has 1 aliphatic carbocycles. The van der Waals surface area contributed by atoms with E-state index in [0.29, 0.717) is 25.3 Å². The number of carbonyl (C=O) groups excluding carboxylic acids is 1. The summed E-state index contributed by atoms with van der Waals surface area (Å²) in [5.74, 6) is 0.247. The zero-order valence-electron chi connectivity index (χ0n) is 11.3. The van der Waals surface area contributed by atoms with Gasteiger partial charge in [-0.2, -0.15) is 0 Å². The SMILES string of the molecule is NC1CCCC(CNC(=O)C2CCCCS2(=O)=O)C1. The molecule has 19 heavy (non-hydrogen) atoms. The largest absolute Gasteiger partial charge is 0.355 e. The number of amides is 1. The van der Waals surface area contributed by atoms with Gasteiger partial charge < -0.3 is 11.1 Å². The lowest BCUT2D eigenvalue weighted by Gasteiger charge is -2.28. The zero-order valence-corrected chi connectivity index (χ0v) is 12.1. The van der Waals surface area contributed by atoms with E-state index in [9.17, 15) is 13.2 Å². The minimum absolute atomic E-state index is 0.152. The normalized spacial score (nSPS) is 34.7. The van der Waals surface area contributed by atoms with Gasteiger partial charge in [-0.25, -0.2) is 8.42 Å². The molecule has 3 N–H and O–H groups in total. The molecule has 0 aromatic rings. The Labute approximate surface area is 115 Å². The summed E-state index contributed by atoms with van der Waals surface area (Å²) in [7, 11) is -3.22. The smallest absolute Gasteiger partial charge is 0.238 e. The molecule has 2 rings (SSSR count). The fraction of sp³-hybridized carbons (Fsp3) is 0.923. The van der Waals surface area contributed by atoms with Crippen LogP contribution >= 0.6 is 0 Å². The van der Waals surface area contributed by atoms with E-state index < -0.39 is 15.1 Å². The predicted octanol–water partition coefficient (Wildman–Crippen LogP) is 0.587. The number of carbonyl (C=O) groups is 1. The summed E-state index contributed by atoms with van der Waals surface area (Å²) in [4.78, 5) is 12.0. The summed E-state index contributed by atoms with van der Waals surface area (Å²) < 4.78 is 23.7. The fourth-order valence-corrected chi connectivity index (χ4v) is 4.95. The summed E-state index contributed by atoms with van der Waals surface area (Å²) in [6.45, 7) is 0.568. The lowest BCUT2D eigenvalue weighted by Crippen LogP contribution is -2.45. The second kappa shape index (κ2) is 6.22. The summed E-state index contributed by atoms with van der Waals surface area (Å²) in [5.41, 5.74) is 5.91. The second-order valence-electron chi connectivity index (χ2n) is 5.89. The lowest BCUT2D eigenvalue weighted by atomic mass is 9.86. The van der Waals surface area contributed by atoms with E-state index in [-0.39, 0.29) is 17.7 Å². The van der Waals surface area contributed by atoms with Crippen molar-refractivity contribution in [2.24, 2.45) is 11.7 Å². The van der Waals surface area contributed by atoms with Gasteiger partial charge in [-0.3, -0.25) is 4.79 Å². The van der Waals surface area contributed by atoms with Crippen molar-refractivity contribution in [1.82, 2.24) is 5.32 Å². The highest BCUT2D eigenvalue weighted by molar-refractivity contribution is 7.92. The highest BCUT2D eigenvalue weighted by Crippen LogP contribution is 2.23. The highest BCUT2D eigenvalue weighted by Gasteiger charge is 2.35. The molecule has 2 fully saturated rings. The molecule has 2 aliphatic rings. The molecule has 1 amide bonds. The van der Waals surface area contributed by atoms with Gasteiger partial charge in [-0.05, 0) is 38.0 Å². The molecule has 5 nitrogen and oxygen atoms in total. The molecule has 0 spiro atoms. The van der Waals surface area contributed by atoms with Crippen molar-refractivity contribution in [1.29, 1.82) is 0 Å². The average Bonchev–Trinajstić information content (AvgIpc) is 2.35. The van der Waals surface area contributed by atoms with Crippen LogP contribution in [0.1, 0.15) is 44.9 Å². The summed E-state index contributed by atoms with van der Waals surface area (Å²) in [5, 5.41) is 2.00. The second-order valence-corrected chi connectivity index (χ2v) is 8.19. The third kappa shape index (κ3) is 3.92. The van der Waals surface area contributed by atoms with Crippen molar-refractivity contribution >= 4 is 15.7 Å². The van der Waals surface area contributed by atoms with Crippen LogP contribution in [-0.4, -0.2) is 37.9 Å². The van der Waals surface area contributed by atoms with Crippen LogP contribution in [-0.2, 0) is 14.6 Å². The van der Waals surface area contributed by atoms with Crippen molar-refractivity contribution in [2.75, 3.05) is 12.3 Å². The van der Waals surface area contributed by atoms with Crippen LogP contribution in [0.25, 0.3) is 0 Å². The first-order valence-electron chi connectivity index (χ1n) is 7.24. The molecular formula is C13H24N2O3S. The molecule has 6 heteroatoms. The molecule has 1 aliphatic heterocycles. The van der Waals surface area contributed by atoms with Crippen LogP contribution in [0, 0.1) is 5.92 Å². The highest BCUT2D eigenvalue weighted by atomic mass is 32.2. The van der Waals surface area contributed by atoms with E-state index in [1.165, 1.54) is 0 Å². The third-order valence-corrected chi connectivity index (χ3v) is 6.43. The van der Waals surface area contributed by atoms with E-state index in [1.54, 1.807) is 0 Å². The predicted molar refractivity (Wildman–Crippen MR) is 74.4 cm³/mol. The maximum Gasteiger partial charge on any atom is 0.238 e. The first-order chi connectivity index (χ1) is 8.99. The number of hydrogen-bond acceptors (Lipinski definition) is 4. The van der Waals surface area contributed by atoms with Crippen LogP contribution in [0.2, 0.25) is 0 Å². The Morgan fingerprint density at radius 3 is 2.63 bits per heavy atom. The summed E-state index contributed by atoms with van der Waals surface area (Å²) >= 11 is 0. The van der Waals surface area contributed by atoms with Crippen molar-refractivity contribution in [3.63, 3.8) is 0 Å². The van der Waals surface area contributed by atoms with E-state index in [4.69, 9.17) is 5.73 Å². The Morgan fingerprint density at radius 1 is 1.16 bits per heavy atom. The Bertz CT molecular complexity index is 422. The summed E-state index contributed by atoms with van der Waals surface area (Å²) in [6, 6.07) is 0.231. The number of nitrogens with two attached hydrogens (primary N) is 1. The first kappa shape index (κ1) is 14.8. The Balaban J connectivity index is 1.83. The number of sulfone groups is 1. The maximum atomic E-state index is 12.0. The number of hydrogen-bond donors (Lipinski definition) is 2. The van der Waals surface area contributed by atoms with E-state index in [2.05, 4.69) is 5.32 Å². The molecule has 110 valence electrons. The molecule has 0 aromatic carbocycles. The van der Waals surface area contributed by atoms with E-state index in [1.807, 2.05) is 0 Å². The van der Waals surface area contributed by atoms with Crippen LogP contribution in [0.15, 0.2) is 0 Å². The molecular weight excluding hydrogens is 264 g/mol. The van der Waals surface area contributed by atoms with Gasteiger partial charge >= 0.3 is 0 Å². The molecule has 0 bridgehead atoms. The van der Waals surface area contributed by atoms with Gasteiger partial charge in [-0.15, -0.1) is 0 Å². The van der Waals surface area contributed by atoms with Crippen LogP contribution in [0.3, 0.4) is 0 Å². The van der Waals surface area contributed by atoms with Crippen molar-refractivity contribution in [3.8, 4) is 0 Å². The average molecular weight is 288 g/mol. The zero-order chi connectivity index (χ0) is 13.9. The molecule has 0 aromatic heterocycles. The van der Waals surface area contributed by atoms with Gasteiger partial charge in [0.2, 0.25) is 5.91 Å². The van der Waals surface area contributed by atoms with Gasteiger partial charge in [0.15, 0.2) is 9.84 Å². The van der Waals surface area contributed by atoms with E-state index >= 15 is 0 Å². The monoisotopic (exact) mass is 288 g/mol. The van der Waals surface area contributed by atoms with Crippen LogP contribution < -0.4 is 11.1 Å². The molecule has 3 atom stereocenters. The molecule has 3 unspecified atom stereocenters. The topological polar surface area (TPSA) is 89.3 Å². The maximum absolute atomic E-state index is 12.0. The fourth-order valence-electron chi connectivity index (χ4n) is 3.13. The van der Waals surface area contributed by atoms with Gasteiger partial charge in [0.05, 0.1) is 5.75 Å². The third-order valence-electron chi connectivity index (χ3n) is 4.26.